The zero-order valence-corrected chi connectivity index (χ0v) is 30.3. The molecule has 0 heterocycles. The predicted octanol–water partition coefficient (Wildman–Crippen LogP) is 12.5. The summed E-state index contributed by atoms with van der Waals surface area (Å²) in [7, 11) is 0. The minimum absolute atomic E-state index is 0.183. The monoisotopic (exact) mass is 643 g/mol. The topological polar surface area (TPSA) is 55.8 Å². The van der Waals surface area contributed by atoms with Crippen LogP contribution in [0.25, 0.3) is 0 Å². The molecular formula is C42H74O4. The molecule has 1 N–H and O–H groups in total. The number of unbranched alkanes of at least 4 members (excludes halogenated alkanes) is 17. The lowest BCUT2D eigenvalue weighted by Gasteiger charge is -2.15. The van der Waals surface area contributed by atoms with Crippen LogP contribution in [0.5, 0.6) is 0 Å². The highest BCUT2D eigenvalue weighted by molar-refractivity contribution is 5.69. The Kier molecular flexibility index (Phi) is 37.6. The van der Waals surface area contributed by atoms with E-state index in [0.717, 1.165) is 64.2 Å². The molecule has 4 nitrogen and oxygen atoms in total. The third-order valence-electron chi connectivity index (χ3n) is 8.11. The molecule has 266 valence electrons. The number of aliphatic hydroxyl groups excluding tert-OH is 1. The van der Waals surface area contributed by atoms with Crippen LogP contribution in [0.3, 0.4) is 0 Å². The molecule has 0 radical (unpaired) electrons. The number of allylic oxidation sites excluding steroid dienone is 10. The average molecular weight is 643 g/mol. The van der Waals surface area contributed by atoms with Gasteiger partial charge in [-0.2, -0.15) is 0 Å². The number of ether oxygens (including phenoxy) is 2. The van der Waals surface area contributed by atoms with Gasteiger partial charge in [0.2, 0.25) is 0 Å². The Labute approximate surface area is 285 Å². The minimum Gasteiger partial charge on any atom is -0.457 e. The summed E-state index contributed by atoms with van der Waals surface area (Å²) in [5.41, 5.74) is 0. The van der Waals surface area contributed by atoms with Gasteiger partial charge in [0, 0.05) is 13.0 Å². The van der Waals surface area contributed by atoms with Crippen molar-refractivity contribution < 1.29 is 19.4 Å². The van der Waals surface area contributed by atoms with E-state index in [4.69, 9.17) is 9.47 Å². The fourth-order valence-corrected chi connectivity index (χ4v) is 5.24. The molecule has 0 aromatic carbocycles. The second-order valence-electron chi connectivity index (χ2n) is 12.6. The average Bonchev–Trinajstić information content (AvgIpc) is 3.06. The second kappa shape index (κ2) is 39.3. The first-order valence-electron chi connectivity index (χ1n) is 19.4. The molecule has 0 aliphatic rings. The maximum Gasteiger partial charge on any atom is 0.306 e. The first-order chi connectivity index (χ1) is 22.7. The molecule has 0 amide bonds. The van der Waals surface area contributed by atoms with E-state index in [1.54, 1.807) is 0 Å². The largest absolute Gasteiger partial charge is 0.457 e. The molecule has 0 aliphatic heterocycles. The Bertz CT molecular complexity index is 764. The van der Waals surface area contributed by atoms with Crippen LogP contribution in [0.2, 0.25) is 0 Å². The predicted molar refractivity (Wildman–Crippen MR) is 200 cm³/mol. The van der Waals surface area contributed by atoms with Crippen molar-refractivity contribution in [1.29, 1.82) is 0 Å². The summed E-state index contributed by atoms with van der Waals surface area (Å²) in [4.78, 5) is 12.2. The number of aliphatic hydroxyl groups is 1. The van der Waals surface area contributed by atoms with Gasteiger partial charge in [0.05, 0.1) is 13.2 Å². The van der Waals surface area contributed by atoms with Crippen molar-refractivity contribution >= 4 is 5.97 Å². The van der Waals surface area contributed by atoms with E-state index < -0.39 is 6.10 Å². The van der Waals surface area contributed by atoms with Crippen LogP contribution in [0.4, 0.5) is 0 Å². The number of esters is 1. The lowest BCUT2D eigenvalue weighted by Crippen LogP contribution is -2.27. The minimum atomic E-state index is -0.547. The van der Waals surface area contributed by atoms with Gasteiger partial charge < -0.3 is 14.6 Å². The number of hydrogen-bond donors (Lipinski definition) is 1. The summed E-state index contributed by atoms with van der Waals surface area (Å²) in [6, 6.07) is 0. The summed E-state index contributed by atoms with van der Waals surface area (Å²) in [6.45, 7) is 5.18. The van der Waals surface area contributed by atoms with Crippen molar-refractivity contribution in [2.45, 2.75) is 180 Å². The van der Waals surface area contributed by atoms with Gasteiger partial charge in [-0.1, -0.05) is 171 Å². The zero-order chi connectivity index (χ0) is 33.4. The van der Waals surface area contributed by atoms with Gasteiger partial charge in [-0.3, -0.25) is 4.79 Å². The number of rotatable bonds is 35. The van der Waals surface area contributed by atoms with E-state index in [0.29, 0.717) is 13.0 Å². The van der Waals surface area contributed by atoms with Crippen molar-refractivity contribution in [2.75, 3.05) is 19.8 Å². The molecule has 1 unspecified atom stereocenters. The zero-order valence-electron chi connectivity index (χ0n) is 30.3. The van der Waals surface area contributed by atoms with E-state index >= 15 is 0 Å². The molecule has 0 rings (SSSR count). The molecule has 0 aromatic rings. The van der Waals surface area contributed by atoms with E-state index in [2.05, 4.69) is 74.6 Å². The Morgan fingerprint density at radius 1 is 0.543 bits per heavy atom. The van der Waals surface area contributed by atoms with Crippen molar-refractivity contribution in [3.05, 3.63) is 60.8 Å². The molecule has 0 spiro atoms. The van der Waals surface area contributed by atoms with Gasteiger partial charge in [0.25, 0.3) is 0 Å². The summed E-state index contributed by atoms with van der Waals surface area (Å²) in [6.07, 6.45) is 51.2. The lowest BCUT2D eigenvalue weighted by atomic mass is 10.0. The molecule has 0 aliphatic carbocycles. The van der Waals surface area contributed by atoms with Gasteiger partial charge in [0.15, 0.2) is 0 Å². The molecule has 0 bridgehead atoms. The van der Waals surface area contributed by atoms with Crippen LogP contribution in [-0.4, -0.2) is 37.0 Å². The van der Waals surface area contributed by atoms with Crippen LogP contribution in [0, 0.1) is 0 Å². The first kappa shape index (κ1) is 44.1. The summed E-state index contributed by atoms with van der Waals surface area (Å²) in [5.74, 6) is -0.211. The highest BCUT2D eigenvalue weighted by atomic mass is 16.6. The van der Waals surface area contributed by atoms with Crippen LogP contribution < -0.4 is 0 Å². The summed E-state index contributed by atoms with van der Waals surface area (Å²) >= 11 is 0. The fourth-order valence-electron chi connectivity index (χ4n) is 5.24. The van der Waals surface area contributed by atoms with E-state index in [9.17, 15) is 9.90 Å². The maximum absolute atomic E-state index is 12.2. The van der Waals surface area contributed by atoms with Gasteiger partial charge in [0.1, 0.15) is 6.10 Å². The Morgan fingerprint density at radius 3 is 1.48 bits per heavy atom. The number of carbonyl (C=O) groups excluding carboxylic acids is 1. The molecule has 4 heteroatoms. The quantitative estimate of drug-likeness (QED) is 0.0424. The molecule has 1 atom stereocenters. The smallest absolute Gasteiger partial charge is 0.306 e. The normalized spacial score (nSPS) is 13.0. The van der Waals surface area contributed by atoms with Gasteiger partial charge >= 0.3 is 5.97 Å². The molecular weight excluding hydrogens is 568 g/mol. The first-order valence-corrected chi connectivity index (χ1v) is 19.4. The molecule has 0 saturated heterocycles. The van der Waals surface area contributed by atoms with Crippen molar-refractivity contribution in [1.82, 2.24) is 0 Å². The SMILES string of the molecule is CC/C=C\C/C=C\C/C=C\C/C=C\C/C=C\CCCCCCOCC(CO)OC(=O)CCCCCCCCCCCCCCCC. The molecule has 0 saturated carbocycles. The van der Waals surface area contributed by atoms with Crippen LogP contribution in [0.15, 0.2) is 60.8 Å². The van der Waals surface area contributed by atoms with E-state index in [1.165, 1.54) is 89.9 Å². The van der Waals surface area contributed by atoms with Crippen molar-refractivity contribution in [3.63, 3.8) is 0 Å². The van der Waals surface area contributed by atoms with E-state index in [-0.39, 0.29) is 19.2 Å². The summed E-state index contributed by atoms with van der Waals surface area (Å²) < 4.78 is 11.1. The van der Waals surface area contributed by atoms with Crippen LogP contribution >= 0.6 is 0 Å². The summed E-state index contributed by atoms with van der Waals surface area (Å²) in [5, 5.41) is 9.57. The van der Waals surface area contributed by atoms with Gasteiger partial charge in [-0.15, -0.1) is 0 Å². The number of carbonyl (C=O) groups is 1. The van der Waals surface area contributed by atoms with Gasteiger partial charge in [-0.25, -0.2) is 0 Å². The Balaban J connectivity index is 3.52. The molecule has 46 heavy (non-hydrogen) atoms. The van der Waals surface area contributed by atoms with Crippen molar-refractivity contribution in [3.8, 4) is 0 Å². The third-order valence-corrected chi connectivity index (χ3v) is 8.11. The Morgan fingerprint density at radius 2 is 0.978 bits per heavy atom. The lowest BCUT2D eigenvalue weighted by molar-refractivity contribution is -0.154. The van der Waals surface area contributed by atoms with Crippen LogP contribution in [-0.2, 0) is 14.3 Å². The Hall–Kier alpha value is -1.91. The molecule has 0 fully saturated rings. The second-order valence-corrected chi connectivity index (χ2v) is 12.6. The highest BCUT2D eigenvalue weighted by Gasteiger charge is 2.13. The standard InChI is InChI=1S/C42H74O4/c1-3-5-7-9-11-13-15-17-19-20-21-22-23-24-26-28-30-32-34-36-38-45-40-41(39-43)46-42(44)37-35-33-31-29-27-25-18-16-14-12-10-8-6-4-2/h5,7,11,13,17,19,21-22,24,26,41,43H,3-4,6,8-10,12,14-16,18,20,23,25,27-40H2,1-2H3/b7-5-,13-11-,19-17-,22-21-,26-24-. The maximum atomic E-state index is 12.2. The number of hydrogen-bond acceptors (Lipinski definition) is 4. The van der Waals surface area contributed by atoms with Crippen LogP contribution in [0.1, 0.15) is 174 Å². The third kappa shape index (κ3) is 36.6. The van der Waals surface area contributed by atoms with Gasteiger partial charge in [-0.05, 0) is 57.8 Å². The fraction of sp³-hybridized carbons (Fsp3) is 0.738. The van der Waals surface area contributed by atoms with Crippen molar-refractivity contribution in [2.24, 2.45) is 0 Å². The highest BCUT2D eigenvalue weighted by Crippen LogP contribution is 2.14. The van der Waals surface area contributed by atoms with E-state index in [1.807, 2.05) is 0 Å². The molecule has 0 aromatic heterocycles.